The molecule has 2 aromatic rings. The van der Waals surface area contributed by atoms with Gasteiger partial charge in [-0.15, -0.1) is 11.3 Å². The topological polar surface area (TPSA) is 43.8 Å². The molecule has 1 atom stereocenters. The van der Waals surface area contributed by atoms with Gasteiger partial charge in [-0.05, 0) is 38.3 Å². The van der Waals surface area contributed by atoms with Gasteiger partial charge in [-0.25, -0.2) is 13.8 Å². The van der Waals surface area contributed by atoms with Crippen molar-refractivity contribution in [2.75, 3.05) is 38.1 Å². The Labute approximate surface area is 169 Å². The van der Waals surface area contributed by atoms with Gasteiger partial charge in [-0.2, -0.15) is 0 Å². The fourth-order valence-corrected chi connectivity index (χ4v) is 3.99. The third kappa shape index (κ3) is 5.19. The van der Waals surface area contributed by atoms with Gasteiger partial charge in [0.2, 0.25) is 0 Å². The Balaban J connectivity index is 1.59. The number of guanidine groups is 1. The average molecular weight is 408 g/mol. The number of anilines is 1. The van der Waals surface area contributed by atoms with Crippen molar-refractivity contribution in [3.8, 4) is 0 Å². The molecule has 3 rings (SSSR count). The minimum atomic E-state index is -0.808. The van der Waals surface area contributed by atoms with E-state index in [9.17, 15) is 8.78 Å². The lowest BCUT2D eigenvalue weighted by atomic mass is 10.1. The first-order valence-electron chi connectivity index (χ1n) is 9.56. The minimum absolute atomic E-state index is 0.386. The number of nitrogens with one attached hydrogen (secondary N) is 1. The summed E-state index contributed by atoms with van der Waals surface area (Å²) in [5.41, 5.74) is 1.77. The van der Waals surface area contributed by atoms with Crippen LogP contribution in [0, 0.1) is 24.5 Å². The summed E-state index contributed by atoms with van der Waals surface area (Å²) in [4.78, 5) is 13.5. The first-order valence-corrected chi connectivity index (χ1v) is 10.4. The molecule has 2 heterocycles. The monoisotopic (exact) mass is 407 g/mol. The normalized spacial score (nSPS) is 17.2. The van der Waals surface area contributed by atoms with Crippen LogP contribution in [0.1, 0.15) is 24.0 Å². The molecular formula is C20H27F2N5S. The number of nitrogens with zero attached hydrogens (tertiary/aromatic N) is 4. The van der Waals surface area contributed by atoms with Crippen molar-refractivity contribution in [1.82, 2.24) is 15.2 Å². The lowest BCUT2D eigenvalue weighted by molar-refractivity contribution is 0.466. The molecule has 8 heteroatoms. The molecule has 0 spiro atoms. The van der Waals surface area contributed by atoms with E-state index in [1.807, 2.05) is 14.0 Å². The van der Waals surface area contributed by atoms with Crippen LogP contribution in [0.5, 0.6) is 0 Å². The van der Waals surface area contributed by atoms with Crippen molar-refractivity contribution >= 4 is 23.0 Å². The van der Waals surface area contributed by atoms with Crippen LogP contribution >= 0.6 is 11.3 Å². The third-order valence-electron chi connectivity index (χ3n) is 4.82. The zero-order chi connectivity index (χ0) is 20.1. The van der Waals surface area contributed by atoms with Gasteiger partial charge < -0.3 is 15.1 Å². The minimum Gasteiger partial charge on any atom is -0.371 e. The van der Waals surface area contributed by atoms with Gasteiger partial charge in [-0.3, -0.25) is 4.99 Å². The van der Waals surface area contributed by atoms with E-state index in [1.54, 1.807) is 17.4 Å². The summed E-state index contributed by atoms with van der Waals surface area (Å²) in [6.07, 6.45) is 0.983. The van der Waals surface area contributed by atoms with Crippen LogP contribution in [0.2, 0.25) is 0 Å². The quantitative estimate of drug-likeness (QED) is 0.586. The molecule has 5 nitrogen and oxygen atoms in total. The van der Waals surface area contributed by atoms with E-state index >= 15 is 0 Å². The summed E-state index contributed by atoms with van der Waals surface area (Å²) >= 11 is 1.65. The molecule has 1 aromatic heterocycles. The second-order valence-corrected chi connectivity index (χ2v) is 8.17. The molecule has 152 valence electrons. The van der Waals surface area contributed by atoms with Crippen LogP contribution in [0.25, 0.3) is 0 Å². The number of aromatic nitrogens is 1. The molecule has 1 aliphatic heterocycles. The molecule has 1 unspecified atom stereocenters. The molecule has 1 aliphatic rings. The Kier molecular flexibility index (Phi) is 6.83. The third-order valence-corrected chi connectivity index (χ3v) is 5.64. The fraction of sp³-hybridized carbons (Fsp3) is 0.500. The van der Waals surface area contributed by atoms with Crippen molar-refractivity contribution in [2.45, 2.75) is 26.8 Å². The summed E-state index contributed by atoms with van der Waals surface area (Å²) in [5.74, 6) is -0.360. The second-order valence-electron chi connectivity index (χ2n) is 7.11. The number of rotatable bonds is 6. The zero-order valence-corrected chi connectivity index (χ0v) is 17.4. The zero-order valence-electron chi connectivity index (χ0n) is 16.6. The maximum Gasteiger partial charge on any atom is 0.194 e. The van der Waals surface area contributed by atoms with Crippen molar-refractivity contribution in [2.24, 2.45) is 10.9 Å². The Morgan fingerprint density at radius 3 is 2.89 bits per heavy atom. The summed E-state index contributed by atoms with van der Waals surface area (Å²) in [6.45, 7) is 7.89. The van der Waals surface area contributed by atoms with Crippen molar-refractivity contribution in [1.29, 1.82) is 0 Å². The highest BCUT2D eigenvalue weighted by molar-refractivity contribution is 7.09. The van der Waals surface area contributed by atoms with Crippen LogP contribution in [-0.2, 0) is 6.54 Å². The SMILES string of the molecule is CCNC(=NCC1CCN(c2ccc(F)c(F)c2)C1)N(C)Cc1csc(C)n1. The van der Waals surface area contributed by atoms with Gasteiger partial charge in [0, 0.05) is 50.4 Å². The number of thiazole rings is 1. The fourth-order valence-electron chi connectivity index (χ4n) is 3.38. The molecule has 0 bridgehead atoms. The Morgan fingerprint density at radius 2 is 2.21 bits per heavy atom. The van der Waals surface area contributed by atoms with Gasteiger partial charge in [0.25, 0.3) is 0 Å². The van der Waals surface area contributed by atoms with Crippen LogP contribution in [-0.4, -0.2) is 49.1 Å². The molecule has 1 saturated heterocycles. The van der Waals surface area contributed by atoms with E-state index in [4.69, 9.17) is 4.99 Å². The highest BCUT2D eigenvalue weighted by Crippen LogP contribution is 2.25. The second kappa shape index (κ2) is 9.32. The van der Waals surface area contributed by atoms with E-state index in [-0.39, 0.29) is 0 Å². The standard InChI is InChI=1S/C20H27F2N5S/c1-4-23-20(26(3)12-16-13-28-14(2)25-16)24-10-15-7-8-27(11-15)17-5-6-18(21)19(22)9-17/h5-6,9,13,15H,4,7-8,10-12H2,1-3H3,(H,23,24). The maximum absolute atomic E-state index is 13.5. The molecule has 1 N–H and O–H groups in total. The van der Waals surface area contributed by atoms with Gasteiger partial charge in [0.1, 0.15) is 0 Å². The number of benzene rings is 1. The van der Waals surface area contributed by atoms with E-state index in [2.05, 4.69) is 32.4 Å². The highest BCUT2D eigenvalue weighted by atomic mass is 32.1. The van der Waals surface area contributed by atoms with Crippen LogP contribution in [0.15, 0.2) is 28.6 Å². The predicted octanol–water partition coefficient (Wildman–Crippen LogP) is 3.65. The first kappa shape index (κ1) is 20.5. The molecule has 1 aromatic carbocycles. The molecule has 0 radical (unpaired) electrons. The van der Waals surface area contributed by atoms with Crippen molar-refractivity contribution < 1.29 is 8.78 Å². The molecule has 0 aliphatic carbocycles. The molecule has 0 saturated carbocycles. The number of hydrogen-bond donors (Lipinski definition) is 1. The van der Waals surface area contributed by atoms with Crippen LogP contribution in [0.4, 0.5) is 14.5 Å². The highest BCUT2D eigenvalue weighted by Gasteiger charge is 2.23. The predicted molar refractivity (Wildman–Crippen MR) is 111 cm³/mol. The van der Waals surface area contributed by atoms with Gasteiger partial charge in [-0.1, -0.05) is 0 Å². The molecular weight excluding hydrogens is 380 g/mol. The number of aliphatic imine (C=N–C) groups is 1. The number of halogens is 2. The van der Waals surface area contributed by atoms with Gasteiger partial charge >= 0.3 is 0 Å². The van der Waals surface area contributed by atoms with Crippen LogP contribution < -0.4 is 10.2 Å². The van der Waals surface area contributed by atoms with E-state index in [0.29, 0.717) is 19.0 Å². The number of hydrogen-bond acceptors (Lipinski definition) is 4. The smallest absolute Gasteiger partial charge is 0.194 e. The van der Waals surface area contributed by atoms with Crippen LogP contribution in [0.3, 0.4) is 0 Å². The summed E-state index contributed by atoms with van der Waals surface area (Å²) < 4.78 is 26.6. The van der Waals surface area contributed by atoms with E-state index in [1.165, 1.54) is 12.1 Å². The lowest BCUT2D eigenvalue weighted by Crippen LogP contribution is -2.39. The Hall–Kier alpha value is -2.22. The molecule has 28 heavy (non-hydrogen) atoms. The summed E-state index contributed by atoms with van der Waals surface area (Å²) in [5, 5.41) is 6.48. The van der Waals surface area contributed by atoms with Crippen molar-refractivity contribution in [3.05, 3.63) is 45.9 Å². The lowest BCUT2D eigenvalue weighted by Gasteiger charge is -2.22. The van der Waals surface area contributed by atoms with E-state index < -0.39 is 11.6 Å². The summed E-state index contributed by atoms with van der Waals surface area (Å²) in [7, 11) is 2.01. The largest absolute Gasteiger partial charge is 0.371 e. The average Bonchev–Trinajstić information content (AvgIpc) is 3.30. The number of aryl methyl sites for hydroxylation is 1. The molecule has 0 amide bonds. The first-order chi connectivity index (χ1) is 13.5. The maximum atomic E-state index is 13.5. The molecule has 1 fully saturated rings. The Morgan fingerprint density at radius 1 is 1.39 bits per heavy atom. The van der Waals surface area contributed by atoms with E-state index in [0.717, 1.165) is 48.4 Å². The van der Waals surface area contributed by atoms with Crippen molar-refractivity contribution in [3.63, 3.8) is 0 Å². The van der Waals surface area contributed by atoms with Gasteiger partial charge in [0.15, 0.2) is 17.6 Å². The summed E-state index contributed by atoms with van der Waals surface area (Å²) in [6, 6.07) is 4.10. The van der Waals surface area contributed by atoms with Gasteiger partial charge in [0.05, 0.1) is 17.2 Å². The Bertz CT molecular complexity index is 823.